The van der Waals surface area contributed by atoms with Gasteiger partial charge in [-0.2, -0.15) is 0 Å². The van der Waals surface area contributed by atoms with E-state index in [2.05, 4.69) is 5.32 Å². The Morgan fingerprint density at radius 3 is 2.33 bits per heavy atom. The summed E-state index contributed by atoms with van der Waals surface area (Å²) >= 11 is 12.2. The Labute approximate surface area is 202 Å². The third-order valence-corrected chi connectivity index (χ3v) is 5.78. The van der Waals surface area contributed by atoms with Gasteiger partial charge in [0.25, 0.3) is 5.91 Å². The number of benzene rings is 3. The molecule has 8 heteroatoms. The molecular weight excluding hydrogens is 466 g/mol. The van der Waals surface area contributed by atoms with Crippen LogP contribution in [-0.4, -0.2) is 36.4 Å². The van der Waals surface area contributed by atoms with Crippen LogP contribution < -0.4 is 10.1 Å². The number of carbonyl (C=O) groups excluding carboxylic acids is 2. The molecule has 5 nitrogen and oxygen atoms in total. The van der Waals surface area contributed by atoms with E-state index in [-0.39, 0.29) is 24.6 Å². The number of hydrogen-bond acceptors (Lipinski definition) is 3. The lowest BCUT2D eigenvalue weighted by molar-refractivity contribution is -0.142. The molecule has 172 valence electrons. The molecule has 0 spiro atoms. The maximum Gasteiger partial charge on any atom is 0.261 e. The number of ether oxygens (including phenoxy) is 1. The van der Waals surface area contributed by atoms with E-state index in [1.807, 2.05) is 30.3 Å². The number of halogens is 3. The highest BCUT2D eigenvalue weighted by Gasteiger charge is 2.30. The minimum Gasteiger partial charge on any atom is -0.481 e. The first-order chi connectivity index (χ1) is 15.9. The standard InChI is InChI=1S/C25H23Cl2FN2O3/c1-29-25(32)22(14-17-7-3-2-4-8-17)30(15-18-11-12-19(26)20(27)13-18)24(31)16-33-23-10-6-5-9-21(23)28/h2-13,22H,14-16H2,1H3,(H,29,32). The van der Waals surface area contributed by atoms with Crippen molar-refractivity contribution in [2.45, 2.75) is 19.0 Å². The maximum atomic E-state index is 14.0. The van der Waals surface area contributed by atoms with E-state index in [9.17, 15) is 14.0 Å². The number of amides is 2. The van der Waals surface area contributed by atoms with Crippen molar-refractivity contribution in [2.75, 3.05) is 13.7 Å². The second kappa shape index (κ2) is 11.7. The maximum absolute atomic E-state index is 14.0. The van der Waals surface area contributed by atoms with Crippen molar-refractivity contribution in [2.24, 2.45) is 0 Å². The van der Waals surface area contributed by atoms with Crippen LogP contribution in [0.25, 0.3) is 0 Å². The molecule has 1 atom stereocenters. The van der Waals surface area contributed by atoms with E-state index in [4.69, 9.17) is 27.9 Å². The zero-order valence-corrected chi connectivity index (χ0v) is 19.4. The number of hydrogen-bond donors (Lipinski definition) is 1. The highest BCUT2D eigenvalue weighted by atomic mass is 35.5. The summed E-state index contributed by atoms with van der Waals surface area (Å²) in [6, 6.07) is 19.4. The number of para-hydroxylation sites is 1. The molecule has 0 aromatic heterocycles. The molecule has 0 radical (unpaired) electrons. The third-order valence-electron chi connectivity index (χ3n) is 5.04. The summed E-state index contributed by atoms with van der Waals surface area (Å²) in [5.74, 6) is -1.43. The minimum atomic E-state index is -0.830. The van der Waals surface area contributed by atoms with Crippen LogP contribution in [0.3, 0.4) is 0 Å². The Hall–Kier alpha value is -3.09. The number of rotatable bonds is 9. The molecule has 1 unspecified atom stereocenters. The Morgan fingerprint density at radius 2 is 1.67 bits per heavy atom. The summed E-state index contributed by atoms with van der Waals surface area (Å²) in [5, 5.41) is 3.35. The number of nitrogens with zero attached hydrogens (tertiary/aromatic N) is 1. The van der Waals surface area contributed by atoms with Crippen molar-refractivity contribution < 1.29 is 18.7 Å². The van der Waals surface area contributed by atoms with Gasteiger partial charge in [0, 0.05) is 20.0 Å². The molecule has 0 saturated carbocycles. The first-order valence-electron chi connectivity index (χ1n) is 10.2. The summed E-state index contributed by atoms with van der Waals surface area (Å²) in [4.78, 5) is 27.5. The zero-order valence-electron chi connectivity index (χ0n) is 17.9. The fraction of sp³-hybridized carbons (Fsp3) is 0.200. The minimum absolute atomic E-state index is 0.0418. The second-order valence-electron chi connectivity index (χ2n) is 7.31. The Balaban J connectivity index is 1.90. The smallest absolute Gasteiger partial charge is 0.261 e. The average molecular weight is 489 g/mol. The number of likely N-dealkylation sites (N-methyl/N-ethyl adjacent to an activating group) is 1. The molecule has 0 heterocycles. The Kier molecular flexibility index (Phi) is 8.69. The predicted octanol–water partition coefficient (Wildman–Crippen LogP) is 4.90. The number of nitrogens with one attached hydrogen (secondary N) is 1. The normalized spacial score (nSPS) is 11.5. The Morgan fingerprint density at radius 1 is 0.970 bits per heavy atom. The zero-order chi connectivity index (χ0) is 23.8. The predicted molar refractivity (Wildman–Crippen MR) is 127 cm³/mol. The molecule has 0 aliphatic carbocycles. The largest absolute Gasteiger partial charge is 0.481 e. The summed E-state index contributed by atoms with van der Waals surface area (Å²) in [6.45, 7) is -0.355. The fourth-order valence-electron chi connectivity index (χ4n) is 3.34. The highest BCUT2D eigenvalue weighted by molar-refractivity contribution is 6.42. The topological polar surface area (TPSA) is 58.6 Å². The van der Waals surface area contributed by atoms with Gasteiger partial charge in [0.1, 0.15) is 6.04 Å². The molecule has 3 aromatic carbocycles. The van der Waals surface area contributed by atoms with Crippen LogP contribution in [-0.2, 0) is 22.6 Å². The summed E-state index contributed by atoms with van der Waals surface area (Å²) in [7, 11) is 1.51. The second-order valence-corrected chi connectivity index (χ2v) is 8.12. The lowest BCUT2D eigenvalue weighted by atomic mass is 10.0. The van der Waals surface area contributed by atoms with Gasteiger partial charge in [-0.3, -0.25) is 9.59 Å². The highest BCUT2D eigenvalue weighted by Crippen LogP contribution is 2.24. The van der Waals surface area contributed by atoms with Gasteiger partial charge >= 0.3 is 0 Å². The van der Waals surface area contributed by atoms with Crippen LogP contribution in [0.5, 0.6) is 5.75 Å². The lowest BCUT2D eigenvalue weighted by Crippen LogP contribution is -2.51. The summed E-state index contributed by atoms with van der Waals surface area (Å²) in [6.07, 6.45) is 0.285. The lowest BCUT2D eigenvalue weighted by Gasteiger charge is -2.31. The molecule has 0 saturated heterocycles. The van der Waals surface area contributed by atoms with Crippen molar-refractivity contribution in [1.29, 1.82) is 0 Å². The first-order valence-corrected chi connectivity index (χ1v) is 11.0. The van der Waals surface area contributed by atoms with Crippen LogP contribution in [0, 0.1) is 5.82 Å². The molecule has 3 aromatic rings. The van der Waals surface area contributed by atoms with Crippen molar-refractivity contribution in [3.05, 3.63) is 99.8 Å². The van der Waals surface area contributed by atoms with Crippen molar-refractivity contribution in [3.63, 3.8) is 0 Å². The van der Waals surface area contributed by atoms with Crippen LogP contribution in [0.1, 0.15) is 11.1 Å². The van der Waals surface area contributed by atoms with E-state index < -0.39 is 24.4 Å². The van der Waals surface area contributed by atoms with Gasteiger partial charge < -0.3 is 15.0 Å². The van der Waals surface area contributed by atoms with Crippen LogP contribution in [0.4, 0.5) is 4.39 Å². The van der Waals surface area contributed by atoms with E-state index >= 15 is 0 Å². The summed E-state index contributed by atoms with van der Waals surface area (Å²) < 4.78 is 19.4. The molecule has 0 bridgehead atoms. The van der Waals surface area contributed by atoms with Crippen molar-refractivity contribution in [3.8, 4) is 5.75 Å². The van der Waals surface area contributed by atoms with E-state index in [0.29, 0.717) is 15.6 Å². The van der Waals surface area contributed by atoms with Gasteiger partial charge in [0.15, 0.2) is 18.2 Å². The Bertz CT molecular complexity index is 1110. The van der Waals surface area contributed by atoms with Crippen molar-refractivity contribution in [1.82, 2.24) is 10.2 Å². The molecular formula is C25H23Cl2FN2O3. The van der Waals surface area contributed by atoms with Gasteiger partial charge in [-0.25, -0.2) is 4.39 Å². The molecule has 3 rings (SSSR count). The average Bonchev–Trinajstić information content (AvgIpc) is 2.83. The van der Waals surface area contributed by atoms with Gasteiger partial charge in [0.2, 0.25) is 5.91 Å². The number of carbonyl (C=O) groups is 2. The van der Waals surface area contributed by atoms with Crippen molar-refractivity contribution >= 4 is 35.0 Å². The van der Waals surface area contributed by atoms with Gasteiger partial charge in [-0.1, -0.05) is 71.7 Å². The third kappa shape index (κ3) is 6.70. The van der Waals surface area contributed by atoms with E-state index in [0.717, 1.165) is 5.56 Å². The molecule has 1 N–H and O–H groups in total. The van der Waals surface area contributed by atoms with E-state index in [1.54, 1.807) is 24.3 Å². The van der Waals surface area contributed by atoms with Crippen LogP contribution >= 0.6 is 23.2 Å². The van der Waals surface area contributed by atoms with Gasteiger partial charge in [-0.05, 0) is 35.4 Å². The fourth-order valence-corrected chi connectivity index (χ4v) is 3.66. The molecule has 0 aliphatic rings. The van der Waals surface area contributed by atoms with E-state index in [1.165, 1.54) is 30.1 Å². The quantitative estimate of drug-likeness (QED) is 0.466. The van der Waals surface area contributed by atoms with Crippen LogP contribution in [0.15, 0.2) is 72.8 Å². The molecule has 2 amide bonds. The molecule has 33 heavy (non-hydrogen) atoms. The SMILES string of the molecule is CNC(=O)C(Cc1ccccc1)N(Cc1ccc(Cl)c(Cl)c1)C(=O)COc1ccccc1F. The van der Waals surface area contributed by atoms with Gasteiger partial charge in [-0.15, -0.1) is 0 Å². The first kappa shape index (κ1) is 24.6. The monoisotopic (exact) mass is 488 g/mol. The van der Waals surface area contributed by atoms with Crippen LogP contribution in [0.2, 0.25) is 10.0 Å². The summed E-state index contributed by atoms with van der Waals surface area (Å²) in [5.41, 5.74) is 1.57. The van der Waals surface area contributed by atoms with Gasteiger partial charge in [0.05, 0.1) is 10.0 Å². The molecule has 0 aliphatic heterocycles. The molecule has 0 fully saturated rings.